The van der Waals surface area contributed by atoms with Crippen molar-refractivity contribution in [2.75, 3.05) is 6.54 Å². The number of hydrogen-bond acceptors (Lipinski definition) is 3. The number of nitrogens with zero attached hydrogens (tertiary/aromatic N) is 1. The van der Waals surface area contributed by atoms with Crippen LogP contribution < -0.4 is 0 Å². The number of phenols is 1. The van der Waals surface area contributed by atoms with Crippen LogP contribution in [0.15, 0.2) is 22.6 Å². The number of furan rings is 1. The standard InChI is InChI=1S/C18H21NO2/c1-2-10-7-11-8-15-17(10)19(11)6-5-13-14-9-12(20)3-4-16(14)21-18(13)15/h3-4,9-11,15,17,20H,2,5-8H2,1H3/t10?,11?,15-,17?/m0/s1. The Morgan fingerprint density at radius 3 is 3.10 bits per heavy atom. The van der Waals surface area contributed by atoms with Gasteiger partial charge in [0.15, 0.2) is 0 Å². The summed E-state index contributed by atoms with van der Waals surface area (Å²) >= 11 is 0. The molecule has 4 bridgehead atoms. The van der Waals surface area contributed by atoms with E-state index in [1.54, 1.807) is 6.07 Å². The first kappa shape index (κ1) is 12.1. The highest BCUT2D eigenvalue weighted by Crippen LogP contribution is 2.54. The van der Waals surface area contributed by atoms with E-state index in [1.165, 1.54) is 30.6 Å². The molecular formula is C18H21NO2. The second-order valence-corrected chi connectivity index (χ2v) is 7.00. The van der Waals surface area contributed by atoms with Gasteiger partial charge in [0.2, 0.25) is 0 Å². The molecule has 1 aromatic heterocycles. The second kappa shape index (κ2) is 4.04. The zero-order chi connectivity index (χ0) is 14.1. The molecule has 0 amide bonds. The number of phenolic OH excluding ortho intramolecular Hbond substituents is 1. The summed E-state index contributed by atoms with van der Waals surface area (Å²) < 4.78 is 6.26. The fraction of sp³-hybridized carbons (Fsp3) is 0.556. The summed E-state index contributed by atoms with van der Waals surface area (Å²) in [6, 6.07) is 6.99. The maximum atomic E-state index is 9.79. The van der Waals surface area contributed by atoms with Crippen LogP contribution in [0.4, 0.5) is 0 Å². The molecule has 3 aliphatic rings. The molecule has 0 saturated carbocycles. The first-order valence-electron chi connectivity index (χ1n) is 8.26. The molecule has 110 valence electrons. The summed E-state index contributed by atoms with van der Waals surface area (Å²) in [7, 11) is 0. The zero-order valence-corrected chi connectivity index (χ0v) is 12.4. The summed E-state index contributed by atoms with van der Waals surface area (Å²) in [5.74, 6) is 2.97. The third-order valence-electron chi connectivity index (χ3n) is 6.13. The van der Waals surface area contributed by atoms with E-state index in [4.69, 9.17) is 4.42 Å². The van der Waals surface area contributed by atoms with Gasteiger partial charge >= 0.3 is 0 Å². The van der Waals surface area contributed by atoms with Crippen molar-refractivity contribution in [1.82, 2.24) is 4.90 Å². The van der Waals surface area contributed by atoms with Gasteiger partial charge in [-0.2, -0.15) is 0 Å². The predicted octanol–water partition coefficient (Wildman–Crippen LogP) is 3.65. The van der Waals surface area contributed by atoms with Gasteiger partial charge in [0.25, 0.3) is 0 Å². The van der Waals surface area contributed by atoms with E-state index in [0.29, 0.717) is 17.7 Å². The molecule has 4 unspecified atom stereocenters. The summed E-state index contributed by atoms with van der Waals surface area (Å²) in [6.45, 7) is 3.48. The van der Waals surface area contributed by atoms with Gasteiger partial charge in [0.05, 0.1) is 0 Å². The minimum Gasteiger partial charge on any atom is -0.508 e. The smallest absolute Gasteiger partial charge is 0.134 e. The average Bonchev–Trinajstić information content (AvgIpc) is 3.08. The summed E-state index contributed by atoms with van der Waals surface area (Å²) in [5, 5.41) is 10.9. The van der Waals surface area contributed by atoms with E-state index in [-0.39, 0.29) is 0 Å². The Morgan fingerprint density at radius 1 is 1.33 bits per heavy atom. The van der Waals surface area contributed by atoms with E-state index < -0.39 is 0 Å². The lowest BCUT2D eigenvalue weighted by Gasteiger charge is -2.27. The van der Waals surface area contributed by atoms with E-state index in [9.17, 15) is 5.11 Å². The molecule has 21 heavy (non-hydrogen) atoms. The lowest BCUT2D eigenvalue weighted by atomic mass is 9.78. The molecule has 2 fully saturated rings. The number of benzene rings is 1. The monoisotopic (exact) mass is 283 g/mol. The Morgan fingerprint density at radius 2 is 2.24 bits per heavy atom. The SMILES string of the molecule is CCC1CC2C[C@@H]3c4oc5ccc(O)cc5c4CCN2C13. The predicted molar refractivity (Wildman–Crippen MR) is 81.6 cm³/mol. The molecule has 4 heterocycles. The maximum Gasteiger partial charge on any atom is 0.134 e. The highest BCUT2D eigenvalue weighted by molar-refractivity contribution is 5.84. The van der Waals surface area contributed by atoms with E-state index in [2.05, 4.69) is 11.8 Å². The van der Waals surface area contributed by atoms with Crippen LogP contribution in [0.25, 0.3) is 11.0 Å². The van der Waals surface area contributed by atoms with Crippen molar-refractivity contribution in [2.45, 2.75) is 50.6 Å². The van der Waals surface area contributed by atoms with E-state index in [0.717, 1.165) is 35.9 Å². The molecule has 2 aromatic rings. The van der Waals surface area contributed by atoms with Crippen molar-refractivity contribution < 1.29 is 9.52 Å². The van der Waals surface area contributed by atoms with Crippen molar-refractivity contribution in [2.24, 2.45) is 5.92 Å². The summed E-state index contributed by atoms with van der Waals surface area (Å²) in [6.07, 6.45) is 4.99. The lowest BCUT2D eigenvalue weighted by molar-refractivity contribution is 0.230. The van der Waals surface area contributed by atoms with Crippen LogP contribution in [-0.4, -0.2) is 28.6 Å². The Hall–Kier alpha value is -1.48. The van der Waals surface area contributed by atoms with Gasteiger partial charge < -0.3 is 9.52 Å². The third-order valence-corrected chi connectivity index (χ3v) is 6.13. The highest BCUT2D eigenvalue weighted by Gasteiger charge is 2.54. The fourth-order valence-electron chi connectivity index (χ4n) is 5.32. The van der Waals surface area contributed by atoms with Gasteiger partial charge in [0.1, 0.15) is 17.1 Å². The Labute approximate surface area is 124 Å². The molecule has 0 aliphatic carbocycles. The fourth-order valence-corrected chi connectivity index (χ4v) is 5.32. The van der Waals surface area contributed by atoms with Gasteiger partial charge in [0, 0.05) is 35.5 Å². The van der Waals surface area contributed by atoms with E-state index in [1.807, 2.05) is 12.1 Å². The maximum absolute atomic E-state index is 9.79. The molecule has 1 N–H and O–H groups in total. The summed E-state index contributed by atoms with van der Waals surface area (Å²) in [4.78, 5) is 2.75. The first-order chi connectivity index (χ1) is 10.3. The van der Waals surface area contributed by atoms with Crippen molar-refractivity contribution in [3.63, 3.8) is 0 Å². The lowest BCUT2D eigenvalue weighted by Crippen LogP contribution is -2.32. The molecule has 2 saturated heterocycles. The Balaban J connectivity index is 1.69. The minimum absolute atomic E-state index is 0.341. The molecule has 0 spiro atoms. The van der Waals surface area contributed by atoms with Gasteiger partial charge in [-0.15, -0.1) is 0 Å². The number of rotatable bonds is 1. The third kappa shape index (κ3) is 1.48. The van der Waals surface area contributed by atoms with E-state index >= 15 is 0 Å². The molecular weight excluding hydrogens is 262 g/mol. The minimum atomic E-state index is 0.341. The quantitative estimate of drug-likeness (QED) is 0.868. The van der Waals surface area contributed by atoms with Gasteiger partial charge in [-0.1, -0.05) is 13.3 Å². The van der Waals surface area contributed by atoms with Crippen LogP contribution in [0.3, 0.4) is 0 Å². The van der Waals surface area contributed by atoms with Gasteiger partial charge in [-0.25, -0.2) is 0 Å². The molecule has 5 rings (SSSR count). The second-order valence-electron chi connectivity index (χ2n) is 7.00. The van der Waals surface area contributed by atoms with Crippen LogP contribution in [0.1, 0.15) is 43.4 Å². The van der Waals surface area contributed by atoms with Crippen LogP contribution >= 0.6 is 0 Å². The molecule has 3 heteroatoms. The van der Waals surface area contributed by atoms with Gasteiger partial charge in [-0.05, 0) is 43.4 Å². The van der Waals surface area contributed by atoms with Crippen molar-refractivity contribution in [3.8, 4) is 5.75 Å². The topological polar surface area (TPSA) is 36.6 Å². The number of hydrogen-bond donors (Lipinski definition) is 1. The number of fused-ring (bicyclic) bond motifs is 4. The largest absolute Gasteiger partial charge is 0.508 e. The van der Waals surface area contributed by atoms with Crippen LogP contribution in [0.2, 0.25) is 0 Å². The zero-order valence-electron chi connectivity index (χ0n) is 12.4. The van der Waals surface area contributed by atoms with Crippen LogP contribution in [-0.2, 0) is 6.42 Å². The molecule has 3 aliphatic heterocycles. The summed E-state index contributed by atoms with van der Waals surface area (Å²) in [5.41, 5.74) is 2.30. The molecule has 3 nitrogen and oxygen atoms in total. The van der Waals surface area contributed by atoms with Crippen molar-refractivity contribution >= 4 is 11.0 Å². The molecule has 5 atom stereocenters. The van der Waals surface area contributed by atoms with Crippen molar-refractivity contribution in [3.05, 3.63) is 29.5 Å². The number of aromatic hydroxyl groups is 1. The average molecular weight is 283 g/mol. The van der Waals surface area contributed by atoms with Gasteiger partial charge in [-0.3, -0.25) is 4.90 Å². The Kier molecular flexibility index (Phi) is 2.33. The first-order valence-corrected chi connectivity index (χ1v) is 8.26. The van der Waals surface area contributed by atoms with Crippen molar-refractivity contribution in [1.29, 1.82) is 0 Å². The molecule has 1 aromatic carbocycles. The van der Waals surface area contributed by atoms with Crippen LogP contribution in [0.5, 0.6) is 5.75 Å². The normalized spacial score (nSPS) is 36.9. The highest BCUT2D eigenvalue weighted by atomic mass is 16.3. The molecule has 0 radical (unpaired) electrons. The van der Waals surface area contributed by atoms with Crippen LogP contribution in [0, 0.1) is 5.92 Å². The Bertz CT molecular complexity index is 719.